The second-order valence-corrected chi connectivity index (χ2v) is 6.47. The van der Waals surface area contributed by atoms with E-state index in [1.54, 1.807) is 30.6 Å². The number of nitrogens with zero attached hydrogens (tertiary/aromatic N) is 1. The Hall–Kier alpha value is -2.45. The van der Waals surface area contributed by atoms with Gasteiger partial charge in [-0.25, -0.2) is 18.4 Å². The lowest BCUT2D eigenvalue weighted by molar-refractivity contribution is 0.240. The van der Waals surface area contributed by atoms with Gasteiger partial charge in [0.15, 0.2) is 0 Å². The molecule has 0 radical (unpaired) electrons. The van der Waals surface area contributed by atoms with Gasteiger partial charge in [-0.3, -0.25) is 4.98 Å². The van der Waals surface area contributed by atoms with E-state index < -0.39 is 10.0 Å². The first-order valence-corrected chi connectivity index (χ1v) is 8.52. The lowest BCUT2D eigenvalue weighted by atomic mass is 10.1. The molecule has 0 aliphatic carbocycles. The van der Waals surface area contributed by atoms with Crippen LogP contribution in [0.2, 0.25) is 0 Å². The predicted molar refractivity (Wildman–Crippen MR) is 86.0 cm³/mol. The number of rotatable bonds is 6. The summed E-state index contributed by atoms with van der Waals surface area (Å²) in [6.45, 7) is 0.844. The number of nitrogens with one attached hydrogen (secondary N) is 2. The molecule has 0 saturated heterocycles. The monoisotopic (exact) mass is 334 g/mol. The van der Waals surface area contributed by atoms with Crippen molar-refractivity contribution in [2.24, 2.45) is 5.14 Å². The maximum atomic E-state index is 11.7. The van der Waals surface area contributed by atoms with Crippen molar-refractivity contribution in [2.45, 2.75) is 17.9 Å². The fourth-order valence-corrected chi connectivity index (χ4v) is 2.43. The molecule has 0 spiro atoms. The van der Waals surface area contributed by atoms with Gasteiger partial charge in [0.05, 0.1) is 4.90 Å². The molecule has 2 rings (SSSR count). The van der Waals surface area contributed by atoms with Gasteiger partial charge in [-0.15, -0.1) is 0 Å². The van der Waals surface area contributed by atoms with Crippen molar-refractivity contribution < 1.29 is 13.2 Å². The highest BCUT2D eigenvalue weighted by atomic mass is 32.2. The van der Waals surface area contributed by atoms with Crippen molar-refractivity contribution in [3.8, 4) is 0 Å². The van der Waals surface area contributed by atoms with Crippen molar-refractivity contribution in [3.63, 3.8) is 0 Å². The Morgan fingerprint density at radius 1 is 1.09 bits per heavy atom. The number of amides is 2. The molecule has 0 aliphatic heterocycles. The number of nitrogens with two attached hydrogens (primary N) is 1. The number of aromatic nitrogens is 1. The van der Waals surface area contributed by atoms with Crippen molar-refractivity contribution in [1.29, 1.82) is 0 Å². The standard InChI is InChI=1S/C15H18N4O3S/c16-23(21,22)14-5-3-12(4-6-14)7-9-18-15(20)19-11-13-2-1-8-17-10-13/h1-6,8,10H,7,9,11H2,(H2,16,21,22)(H2,18,19,20). The third-order valence-corrected chi connectivity index (χ3v) is 4.06. The van der Waals surface area contributed by atoms with E-state index in [1.165, 1.54) is 12.1 Å². The zero-order valence-corrected chi connectivity index (χ0v) is 13.2. The van der Waals surface area contributed by atoms with Crippen LogP contribution in [0.4, 0.5) is 4.79 Å². The maximum Gasteiger partial charge on any atom is 0.315 e. The van der Waals surface area contributed by atoms with Gasteiger partial charge >= 0.3 is 6.03 Å². The molecular weight excluding hydrogens is 316 g/mol. The summed E-state index contributed by atoms with van der Waals surface area (Å²) in [7, 11) is -3.67. The van der Waals surface area contributed by atoms with Gasteiger partial charge in [-0.05, 0) is 35.7 Å². The van der Waals surface area contributed by atoms with Crippen molar-refractivity contribution in [3.05, 3.63) is 59.9 Å². The third-order valence-electron chi connectivity index (χ3n) is 3.13. The Balaban J connectivity index is 1.73. The van der Waals surface area contributed by atoms with Gasteiger partial charge in [0.25, 0.3) is 0 Å². The highest BCUT2D eigenvalue weighted by molar-refractivity contribution is 7.89. The molecule has 7 nitrogen and oxygen atoms in total. The van der Waals surface area contributed by atoms with Crippen LogP contribution in [0.3, 0.4) is 0 Å². The van der Waals surface area contributed by atoms with E-state index in [4.69, 9.17) is 5.14 Å². The smallest absolute Gasteiger partial charge is 0.315 e. The third kappa shape index (κ3) is 5.68. The first-order valence-electron chi connectivity index (χ1n) is 6.97. The molecule has 0 aliphatic rings. The van der Waals surface area contributed by atoms with E-state index in [-0.39, 0.29) is 10.9 Å². The minimum absolute atomic E-state index is 0.0726. The Kier molecular flexibility index (Phi) is 5.67. The number of urea groups is 1. The van der Waals surface area contributed by atoms with Crippen LogP contribution in [0.5, 0.6) is 0 Å². The van der Waals surface area contributed by atoms with Gasteiger partial charge in [0.1, 0.15) is 0 Å². The summed E-state index contributed by atoms with van der Waals surface area (Å²) in [6, 6.07) is 9.67. The summed E-state index contributed by atoms with van der Waals surface area (Å²) in [5.41, 5.74) is 1.83. The molecule has 0 atom stereocenters. The highest BCUT2D eigenvalue weighted by Crippen LogP contribution is 2.08. The van der Waals surface area contributed by atoms with E-state index >= 15 is 0 Å². The largest absolute Gasteiger partial charge is 0.338 e. The zero-order chi connectivity index (χ0) is 16.7. The lowest BCUT2D eigenvalue weighted by Crippen LogP contribution is -2.36. The van der Waals surface area contributed by atoms with Crippen molar-refractivity contribution >= 4 is 16.1 Å². The molecule has 2 aromatic rings. The number of sulfonamides is 1. The number of hydrogen-bond acceptors (Lipinski definition) is 4. The van der Waals surface area contributed by atoms with Crippen LogP contribution in [0, 0.1) is 0 Å². The van der Waals surface area contributed by atoms with E-state index in [0.717, 1.165) is 11.1 Å². The molecule has 1 heterocycles. The molecule has 0 unspecified atom stereocenters. The summed E-state index contributed by atoms with van der Waals surface area (Å²) >= 11 is 0. The predicted octanol–water partition coefficient (Wildman–Crippen LogP) is 0.771. The van der Waals surface area contributed by atoms with E-state index in [1.807, 2.05) is 6.07 Å². The molecule has 1 aromatic heterocycles. The number of primary sulfonamides is 1. The molecule has 1 aromatic carbocycles. The van der Waals surface area contributed by atoms with E-state index in [0.29, 0.717) is 19.5 Å². The SMILES string of the molecule is NS(=O)(=O)c1ccc(CCNC(=O)NCc2cccnc2)cc1. The Morgan fingerprint density at radius 3 is 2.43 bits per heavy atom. The van der Waals surface area contributed by atoms with Crippen molar-refractivity contribution in [1.82, 2.24) is 15.6 Å². The number of carbonyl (C=O) groups is 1. The number of benzene rings is 1. The number of hydrogen-bond donors (Lipinski definition) is 3. The first-order chi connectivity index (χ1) is 10.9. The first kappa shape index (κ1) is 16.9. The number of pyridine rings is 1. The molecule has 0 bridgehead atoms. The quantitative estimate of drug-likeness (QED) is 0.724. The minimum atomic E-state index is -3.67. The molecule has 8 heteroatoms. The van der Waals surface area contributed by atoms with E-state index in [2.05, 4.69) is 15.6 Å². The fourth-order valence-electron chi connectivity index (χ4n) is 1.91. The van der Waals surface area contributed by atoms with Gasteiger partial charge in [0, 0.05) is 25.5 Å². The second kappa shape index (κ2) is 7.70. The number of carbonyl (C=O) groups excluding carboxylic acids is 1. The Labute approximate surface area is 135 Å². The Bertz CT molecular complexity index is 746. The highest BCUT2D eigenvalue weighted by Gasteiger charge is 2.06. The molecule has 122 valence electrons. The molecule has 23 heavy (non-hydrogen) atoms. The summed E-state index contributed by atoms with van der Waals surface area (Å²) in [6.07, 6.45) is 3.95. The van der Waals surface area contributed by atoms with Crippen LogP contribution in [0.25, 0.3) is 0 Å². The summed E-state index contributed by atoms with van der Waals surface area (Å²) < 4.78 is 22.3. The summed E-state index contributed by atoms with van der Waals surface area (Å²) in [4.78, 5) is 15.7. The van der Waals surface area contributed by atoms with Crippen molar-refractivity contribution in [2.75, 3.05) is 6.54 Å². The maximum absolute atomic E-state index is 11.7. The summed E-state index contributed by atoms with van der Waals surface area (Å²) in [5, 5.41) is 10.5. The topological polar surface area (TPSA) is 114 Å². The molecule has 4 N–H and O–H groups in total. The fraction of sp³-hybridized carbons (Fsp3) is 0.200. The molecular formula is C15H18N4O3S. The van der Waals surface area contributed by atoms with Crippen LogP contribution >= 0.6 is 0 Å². The zero-order valence-electron chi connectivity index (χ0n) is 12.4. The van der Waals surface area contributed by atoms with Gasteiger partial charge in [-0.1, -0.05) is 18.2 Å². The lowest BCUT2D eigenvalue weighted by Gasteiger charge is -2.08. The second-order valence-electron chi connectivity index (χ2n) is 4.91. The Morgan fingerprint density at radius 2 is 1.83 bits per heavy atom. The normalized spacial score (nSPS) is 11.0. The van der Waals surface area contributed by atoms with Crippen LogP contribution in [-0.2, 0) is 23.0 Å². The van der Waals surface area contributed by atoms with E-state index in [9.17, 15) is 13.2 Å². The van der Waals surface area contributed by atoms with Crippen LogP contribution in [0.1, 0.15) is 11.1 Å². The minimum Gasteiger partial charge on any atom is -0.338 e. The summed E-state index contributed by atoms with van der Waals surface area (Å²) in [5.74, 6) is 0. The van der Waals surface area contributed by atoms with Crippen LogP contribution < -0.4 is 15.8 Å². The molecule has 0 saturated carbocycles. The molecule has 2 amide bonds. The van der Waals surface area contributed by atoms with Crippen LogP contribution in [0.15, 0.2) is 53.7 Å². The van der Waals surface area contributed by atoms with Gasteiger partial charge < -0.3 is 10.6 Å². The van der Waals surface area contributed by atoms with Gasteiger partial charge in [0.2, 0.25) is 10.0 Å². The van der Waals surface area contributed by atoms with Gasteiger partial charge in [-0.2, -0.15) is 0 Å². The van der Waals surface area contributed by atoms with Crippen LogP contribution in [-0.4, -0.2) is 26.0 Å². The average Bonchev–Trinajstić information content (AvgIpc) is 2.53. The molecule has 0 fully saturated rings. The average molecular weight is 334 g/mol.